The molecule has 0 saturated heterocycles. The van der Waals surface area contributed by atoms with Crippen LogP contribution in [-0.2, 0) is 12.0 Å². The number of methoxy groups -OCH3 is 1. The summed E-state index contributed by atoms with van der Waals surface area (Å²) in [6.07, 6.45) is 5.96. The minimum atomic E-state index is -0.368. The first kappa shape index (κ1) is 16.6. The maximum Gasteiger partial charge on any atom is 0.272 e. The monoisotopic (exact) mass is 327 g/mol. The first-order valence-corrected chi connectivity index (χ1v) is 8.69. The van der Waals surface area contributed by atoms with Gasteiger partial charge in [0.2, 0.25) is 0 Å². The van der Waals surface area contributed by atoms with Crippen LogP contribution in [0.1, 0.15) is 60.8 Å². The molecule has 2 N–H and O–H groups in total. The van der Waals surface area contributed by atoms with Crippen LogP contribution in [0.3, 0.4) is 0 Å². The quantitative estimate of drug-likeness (QED) is 0.852. The summed E-state index contributed by atoms with van der Waals surface area (Å²) in [5, 5.41) is 10.4. The average Bonchev–Trinajstić information content (AvgIpc) is 3.25. The van der Waals surface area contributed by atoms with Crippen LogP contribution < -0.4 is 10.1 Å². The minimum absolute atomic E-state index is 0.124. The summed E-state index contributed by atoms with van der Waals surface area (Å²) in [5.41, 5.74) is 2.15. The van der Waals surface area contributed by atoms with E-state index < -0.39 is 0 Å². The number of carbonyl (C=O) groups excluding carboxylic acids is 1. The minimum Gasteiger partial charge on any atom is -0.496 e. The Morgan fingerprint density at radius 3 is 2.79 bits per heavy atom. The molecule has 1 aliphatic rings. The van der Waals surface area contributed by atoms with Crippen molar-refractivity contribution in [1.82, 2.24) is 15.5 Å². The summed E-state index contributed by atoms with van der Waals surface area (Å²) in [7, 11) is 1.67. The zero-order valence-electron chi connectivity index (χ0n) is 14.4. The van der Waals surface area contributed by atoms with Gasteiger partial charge in [-0.25, -0.2) is 0 Å². The Hall–Kier alpha value is -2.30. The molecule has 1 fully saturated rings. The van der Waals surface area contributed by atoms with Gasteiger partial charge in [-0.2, -0.15) is 5.10 Å². The summed E-state index contributed by atoms with van der Waals surface area (Å²) in [6, 6.07) is 9.81. The number of hydrogen-bond donors (Lipinski definition) is 2. The van der Waals surface area contributed by atoms with Crippen LogP contribution in [0.5, 0.6) is 5.75 Å². The summed E-state index contributed by atoms with van der Waals surface area (Å²) in [5.74, 6) is 0.704. The molecule has 0 atom stereocenters. The van der Waals surface area contributed by atoms with E-state index in [1.165, 1.54) is 0 Å². The van der Waals surface area contributed by atoms with Crippen molar-refractivity contribution in [1.29, 1.82) is 0 Å². The SMILES string of the molecule is CCCc1cc(C(=O)NC2(c3ccccc3OC)CCCC2)n[nH]1. The number of hydrogen-bond acceptors (Lipinski definition) is 3. The second-order valence-electron chi connectivity index (χ2n) is 6.47. The van der Waals surface area contributed by atoms with Gasteiger partial charge < -0.3 is 10.1 Å². The lowest BCUT2D eigenvalue weighted by Crippen LogP contribution is -2.44. The number of amides is 1. The summed E-state index contributed by atoms with van der Waals surface area (Å²) in [6.45, 7) is 2.11. The smallest absolute Gasteiger partial charge is 0.272 e. The van der Waals surface area contributed by atoms with E-state index in [1.54, 1.807) is 7.11 Å². The molecule has 1 heterocycles. The molecule has 0 aliphatic heterocycles. The molecule has 128 valence electrons. The third kappa shape index (κ3) is 3.16. The number of benzene rings is 1. The Labute approximate surface area is 142 Å². The lowest BCUT2D eigenvalue weighted by atomic mass is 9.87. The van der Waals surface area contributed by atoms with Gasteiger partial charge in [0.05, 0.1) is 12.6 Å². The van der Waals surface area contributed by atoms with Crippen LogP contribution in [0, 0.1) is 0 Å². The maximum atomic E-state index is 12.8. The van der Waals surface area contributed by atoms with Crippen LogP contribution in [0.2, 0.25) is 0 Å². The normalized spacial score (nSPS) is 16.1. The Morgan fingerprint density at radius 1 is 1.33 bits per heavy atom. The highest BCUT2D eigenvalue weighted by molar-refractivity contribution is 5.93. The zero-order valence-corrected chi connectivity index (χ0v) is 14.4. The summed E-state index contributed by atoms with van der Waals surface area (Å²) in [4.78, 5) is 12.8. The van der Waals surface area contributed by atoms with E-state index in [9.17, 15) is 4.79 Å². The molecule has 24 heavy (non-hydrogen) atoms. The molecule has 3 rings (SSSR count). The highest BCUT2D eigenvalue weighted by Crippen LogP contribution is 2.42. The molecular formula is C19H25N3O2. The number of aryl methyl sites for hydroxylation is 1. The van der Waals surface area contributed by atoms with E-state index in [2.05, 4.69) is 28.5 Å². The van der Waals surface area contributed by atoms with Crippen molar-refractivity contribution < 1.29 is 9.53 Å². The molecule has 5 heteroatoms. The van der Waals surface area contributed by atoms with Gasteiger partial charge in [-0.05, 0) is 31.4 Å². The van der Waals surface area contributed by atoms with Crippen molar-refractivity contribution in [2.75, 3.05) is 7.11 Å². The van der Waals surface area contributed by atoms with Crippen molar-refractivity contribution in [2.24, 2.45) is 0 Å². The van der Waals surface area contributed by atoms with Gasteiger partial charge >= 0.3 is 0 Å². The van der Waals surface area contributed by atoms with Crippen molar-refractivity contribution >= 4 is 5.91 Å². The van der Waals surface area contributed by atoms with Crippen LogP contribution in [0.15, 0.2) is 30.3 Å². The molecule has 5 nitrogen and oxygen atoms in total. The second kappa shape index (κ2) is 7.07. The van der Waals surface area contributed by atoms with E-state index in [0.29, 0.717) is 5.69 Å². The topological polar surface area (TPSA) is 67.0 Å². The van der Waals surface area contributed by atoms with Crippen LogP contribution in [0.25, 0.3) is 0 Å². The molecule has 1 aromatic heterocycles. The molecule has 1 aliphatic carbocycles. The molecule has 0 bridgehead atoms. The number of para-hydroxylation sites is 1. The van der Waals surface area contributed by atoms with E-state index in [4.69, 9.17) is 4.74 Å². The lowest BCUT2D eigenvalue weighted by molar-refractivity contribution is 0.0891. The maximum absolute atomic E-state index is 12.8. The number of nitrogens with one attached hydrogen (secondary N) is 2. The van der Waals surface area contributed by atoms with E-state index in [1.807, 2.05) is 24.3 Å². The number of carbonyl (C=O) groups is 1. The van der Waals surface area contributed by atoms with E-state index in [0.717, 1.165) is 55.5 Å². The molecule has 0 radical (unpaired) electrons. The third-order valence-corrected chi connectivity index (χ3v) is 4.82. The van der Waals surface area contributed by atoms with E-state index >= 15 is 0 Å². The Morgan fingerprint density at radius 2 is 2.08 bits per heavy atom. The lowest BCUT2D eigenvalue weighted by Gasteiger charge is -2.32. The Bertz CT molecular complexity index is 702. The fraction of sp³-hybridized carbons (Fsp3) is 0.474. The molecule has 0 unspecified atom stereocenters. The predicted molar refractivity (Wildman–Crippen MR) is 93.2 cm³/mol. The molecule has 1 saturated carbocycles. The molecular weight excluding hydrogens is 302 g/mol. The number of rotatable bonds is 6. The van der Waals surface area contributed by atoms with Gasteiger partial charge in [-0.15, -0.1) is 0 Å². The summed E-state index contributed by atoms with van der Waals surface area (Å²) >= 11 is 0. The second-order valence-corrected chi connectivity index (χ2v) is 6.47. The predicted octanol–water partition coefficient (Wildman–Crippen LogP) is 3.57. The van der Waals surface area contributed by atoms with Crippen molar-refractivity contribution in [3.8, 4) is 5.75 Å². The number of ether oxygens (including phenoxy) is 1. The van der Waals surface area contributed by atoms with Gasteiger partial charge in [0, 0.05) is 11.3 Å². The van der Waals surface area contributed by atoms with Crippen molar-refractivity contribution in [2.45, 2.75) is 51.0 Å². The van der Waals surface area contributed by atoms with Crippen molar-refractivity contribution in [3.63, 3.8) is 0 Å². The fourth-order valence-electron chi connectivity index (χ4n) is 3.64. The number of aromatic nitrogens is 2. The summed E-state index contributed by atoms with van der Waals surface area (Å²) < 4.78 is 5.53. The van der Waals surface area contributed by atoms with Gasteiger partial charge in [0.25, 0.3) is 5.91 Å². The molecule has 1 aromatic carbocycles. The van der Waals surface area contributed by atoms with Crippen LogP contribution >= 0.6 is 0 Å². The molecule has 1 amide bonds. The van der Waals surface area contributed by atoms with Crippen LogP contribution in [0.4, 0.5) is 0 Å². The van der Waals surface area contributed by atoms with Crippen molar-refractivity contribution in [3.05, 3.63) is 47.3 Å². The number of H-pyrrole nitrogens is 1. The van der Waals surface area contributed by atoms with Crippen LogP contribution in [-0.4, -0.2) is 23.2 Å². The standard InChI is InChI=1S/C19H25N3O2/c1-3-8-14-13-16(22-21-14)18(23)20-19(11-6-7-12-19)15-9-4-5-10-17(15)24-2/h4-5,9-10,13H,3,6-8,11-12H2,1-2H3,(H,20,23)(H,21,22). The average molecular weight is 327 g/mol. The highest BCUT2D eigenvalue weighted by Gasteiger charge is 2.39. The number of nitrogens with zero attached hydrogens (tertiary/aromatic N) is 1. The Kier molecular flexibility index (Phi) is 4.88. The molecule has 0 spiro atoms. The van der Waals surface area contributed by atoms with Gasteiger partial charge in [-0.3, -0.25) is 9.89 Å². The third-order valence-electron chi connectivity index (χ3n) is 4.82. The fourth-order valence-corrected chi connectivity index (χ4v) is 3.64. The van der Waals surface area contributed by atoms with Gasteiger partial charge in [0.1, 0.15) is 11.4 Å². The van der Waals surface area contributed by atoms with Gasteiger partial charge in [-0.1, -0.05) is 44.4 Å². The number of aromatic amines is 1. The largest absolute Gasteiger partial charge is 0.496 e. The zero-order chi connectivity index (χ0) is 17.0. The van der Waals surface area contributed by atoms with Gasteiger partial charge in [0.15, 0.2) is 0 Å². The van der Waals surface area contributed by atoms with E-state index in [-0.39, 0.29) is 11.4 Å². The first-order valence-electron chi connectivity index (χ1n) is 8.69. The Balaban J connectivity index is 1.87. The first-order chi connectivity index (χ1) is 11.7. The highest BCUT2D eigenvalue weighted by atomic mass is 16.5. The molecule has 2 aromatic rings.